The van der Waals surface area contributed by atoms with E-state index in [0.29, 0.717) is 11.4 Å². The second kappa shape index (κ2) is 8.73. The van der Waals surface area contributed by atoms with Crippen LogP contribution in [0.25, 0.3) is 6.08 Å². The molecule has 0 spiro atoms. The van der Waals surface area contributed by atoms with Gasteiger partial charge in [0, 0.05) is 33.3 Å². The molecule has 2 aromatic carbocycles. The van der Waals surface area contributed by atoms with Gasteiger partial charge in [-0.1, -0.05) is 17.7 Å². The molecule has 0 saturated carbocycles. The molecule has 0 N–H and O–H groups in total. The van der Waals surface area contributed by atoms with Gasteiger partial charge in [0.2, 0.25) is 0 Å². The van der Waals surface area contributed by atoms with E-state index in [2.05, 4.69) is 0 Å². The number of anilines is 1. The Kier molecular flexibility index (Phi) is 6.28. The summed E-state index contributed by atoms with van der Waals surface area (Å²) < 4.78 is 4.88. The maximum absolute atomic E-state index is 13.3. The Morgan fingerprint density at radius 2 is 2.00 bits per heavy atom. The van der Waals surface area contributed by atoms with Gasteiger partial charge < -0.3 is 4.74 Å². The highest BCUT2D eigenvalue weighted by Crippen LogP contribution is 2.37. The molecule has 0 atom stereocenters. The normalized spacial score (nSPS) is 15.1. The number of ether oxygens (including phenoxy) is 1. The molecule has 1 heterocycles. The zero-order chi connectivity index (χ0) is 22.0. The lowest BCUT2D eigenvalue weighted by atomic mass is 10.0. The average Bonchev–Trinajstić information content (AvgIpc) is 2.98. The van der Waals surface area contributed by atoms with Gasteiger partial charge in [-0.3, -0.25) is 19.8 Å². The summed E-state index contributed by atoms with van der Waals surface area (Å²) in [4.78, 5) is 38.7. The minimum absolute atomic E-state index is 0.0521. The highest BCUT2D eigenvalue weighted by Gasteiger charge is 2.38. The summed E-state index contributed by atoms with van der Waals surface area (Å²) >= 11 is 7.71. The maximum Gasteiger partial charge on any atom is 0.340 e. The number of non-ortho nitro benzene ring substituents is 1. The van der Waals surface area contributed by atoms with Crippen molar-refractivity contribution in [1.29, 1.82) is 0 Å². The lowest BCUT2D eigenvalue weighted by Gasteiger charge is -2.18. The van der Waals surface area contributed by atoms with Gasteiger partial charge in [-0.05, 0) is 43.5 Å². The number of benzene rings is 2. The molecule has 3 rings (SSSR count). The molecule has 0 bridgehead atoms. The van der Waals surface area contributed by atoms with E-state index in [-0.39, 0.29) is 27.4 Å². The number of methoxy groups -OCH3 is 1. The number of allylic oxidation sites excluding steroid dienone is 1. The highest BCUT2D eigenvalue weighted by atomic mass is 35.5. The zero-order valence-electron chi connectivity index (χ0n) is 16.3. The third kappa shape index (κ3) is 3.96. The van der Waals surface area contributed by atoms with Gasteiger partial charge in [0.1, 0.15) is 0 Å². The third-order valence-corrected chi connectivity index (χ3v) is 5.66. The minimum Gasteiger partial charge on any atom is -0.465 e. The van der Waals surface area contributed by atoms with Crippen molar-refractivity contribution >= 4 is 52.7 Å². The average molecular weight is 445 g/mol. The summed E-state index contributed by atoms with van der Waals surface area (Å²) in [5.74, 6) is -1.13. The fourth-order valence-electron chi connectivity index (χ4n) is 3.15. The molecule has 1 aliphatic rings. The van der Waals surface area contributed by atoms with Crippen LogP contribution in [0, 0.1) is 10.1 Å². The molecule has 0 aliphatic carbocycles. The molecule has 0 fully saturated rings. The summed E-state index contributed by atoms with van der Waals surface area (Å²) in [7, 11) is 1.22. The smallest absolute Gasteiger partial charge is 0.340 e. The molecular formula is C21H17ClN2O5S. The van der Waals surface area contributed by atoms with E-state index < -0.39 is 16.8 Å². The van der Waals surface area contributed by atoms with Crippen LogP contribution in [0.2, 0.25) is 5.02 Å². The number of rotatable bonds is 5. The highest BCUT2D eigenvalue weighted by molar-refractivity contribution is 7.98. The number of esters is 1. The standard InChI is InChI=1S/C21H17ClN2O5S/c1-12-19(21(26)29-2)17(10-13-9-15(24(27)28)7-8-18(13)22)20(25)23(12)14-5-4-6-16(11-14)30-3/h4-11H,1-3H3/b17-10-. The van der Waals surface area contributed by atoms with Crippen molar-refractivity contribution in [1.82, 2.24) is 0 Å². The Morgan fingerprint density at radius 1 is 1.27 bits per heavy atom. The fourth-order valence-corrected chi connectivity index (χ4v) is 3.78. The van der Waals surface area contributed by atoms with E-state index in [1.165, 1.54) is 48.0 Å². The second-order valence-corrected chi connectivity index (χ2v) is 7.60. The number of nitro groups is 1. The number of amides is 1. The third-order valence-electron chi connectivity index (χ3n) is 4.59. The van der Waals surface area contributed by atoms with Crippen LogP contribution in [0.4, 0.5) is 11.4 Å². The van der Waals surface area contributed by atoms with Crippen LogP contribution in [0.1, 0.15) is 12.5 Å². The fraction of sp³-hybridized carbons (Fsp3) is 0.143. The number of carbonyl (C=O) groups excluding carboxylic acids is 2. The largest absolute Gasteiger partial charge is 0.465 e. The molecule has 0 saturated heterocycles. The predicted octanol–water partition coefficient (Wildman–Crippen LogP) is 4.85. The van der Waals surface area contributed by atoms with Gasteiger partial charge in [-0.2, -0.15) is 0 Å². The van der Waals surface area contributed by atoms with Gasteiger partial charge in [-0.15, -0.1) is 11.8 Å². The Hall–Kier alpha value is -3.10. The first-order valence-corrected chi connectivity index (χ1v) is 10.3. The lowest BCUT2D eigenvalue weighted by molar-refractivity contribution is -0.384. The van der Waals surface area contributed by atoms with Gasteiger partial charge >= 0.3 is 5.97 Å². The van der Waals surface area contributed by atoms with Crippen molar-refractivity contribution in [2.45, 2.75) is 11.8 Å². The van der Waals surface area contributed by atoms with Crippen molar-refractivity contribution in [3.63, 3.8) is 0 Å². The first-order chi connectivity index (χ1) is 14.3. The molecule has 7 nitrogen and oxygen atoms in total. The van der Waals surface area contributed by atoms with E-state index in [4.69, 9.17) is 16.3 Å². The Morgan fingerprint density at radius 3 is 2.63 bits per heavy atom. The van der Waals surface area contributed by atoms with E-state index in [1.54, 1.807) is 13.0 Å². The SMILES string of the molecule is COC(=O)C1=C(C)N(c2cccc(SC)c2)C(=O)/C1=C\c1cc([N+](=O)[O-])ccc1Cl. The van der Waals surface area contributed by atoms with E-state index >= 15 is 0 Å². The molecule has 0 aromatic heterocycles. The first-order valence-electron chi connectivity index (χ1n) is 8.72. The van der Waals surface area contributed by atoms with Gasteiger partial charge in [0.25, 0.3) is 11.6 Å². The Labute approximate surface area is 182 Å². The van der Waals surface area contributed by atoms with Crippen molar-refractivity contribution in [3.05, 3.63) is 80.0 Å². The van der Waals surface area contributed by atoms with Crippen LogP contribution in [0.15, 0.2) is 64.2 Å². The molecule has 9 heteroatoms. The Bertz CT molecular complexity index is 1130. The number of hydrogen-bond acceptors (Lipinski definition) is 6. The van der Waals surface area contributed by atoms with Gasteiger partial charge in [0.15, 0.2) is 0 Å². The molecule has 0 radical (unpaired) electrons. The summed E-state index contributed by atoms with van der Waals surface area (Å²) in [5, 5.41) is 11.3. The quantitative estimate of drug-likeness (QED) is 0.215. The van der Waals surface area contributed by atoms with Crippen molar-refractivity contribution in [3.8, 4) is 0 Å². The van der Waals surface area contributed by atoms with Crippen LogP contribution in [-0.2, 0) is 14.3 Å². The molecule has 2 aromatic rings. The number of nitrogens with zero attached hydrogens (tertiary/aromatic N) is 2. The molecule has 1 amide bonds. The van der Waals surface area contributed by atoms with E-state index in [9.17, 15) is 19.7 Å². The van der Waals surface area contributed by atoms with Crippen LogP contribution in [0.3, 0.4) is 0 Å². The number of carbonyl (C=O) groups is 2. The van der Waals surface area contributed by atoms with Gasteiger partial charge in [0.05, 0.1) is 28.9 Å². The van der Waals surface area contributed by atoms with Crippen molar-refractivity contribution in [2.75, 3.05) is 18.3 Å². The van der Waals surface area contributed by atoms with Crippen molar-refractivity contribution in [2.24, 2.45) is 0 Å². The van der Waals surface area contributed by atoms with E-state index in [0.717, 1.165) is 4.90 Å². The number of hydrogen-bond donors (Lipinski definition) is 0. The first kappa shape index (κ1) is 21.6. The number of nitro benzene ring substituents is 1. The predicted molar refractivity (Wildman–Crippen MR) is 117 cm³/mol. The topological polar surface area (TPSA) is 89.8 Å². The summed E-state index contributed by atoms with van der Waals surface area (Å²) in [6.07, 6.45) is 3.30. The summed E-state index contributed by atoms with van der Waals surface area (Å²) in [6.45, 7) is 1.64. The second-order valence-electron chi connectivity index (χ2n) is 6.31. The molecular weight excluding hydrogens is 428 g/mol. The number of thioether (sulfide) groups is 1. The molecule has 0 unspecified atom stereocenters. The summed E-state index contributed by atoms with van der Waals surface area (Å²) in [6, 6.07) is 11.2. The van der Waals surface area contributed by atoms with Crippen LogP contribution < -0.4 is 4.90 Å². The van der Waals surface area contributed by atoms with Crippen molar-refractivity contribution < 1.29 is 19.2 Å². The molecule has 154 valence electrons. The maximum atomic E-state index is 13.3. The lowest BCUT2D eigenvalue weighted by Crippen LogP contribution is -2.24. The van der Waals surface area contributed by atoms with E-state index in [1.807, 2.05) is 24.5 Å². The molecule has 30 heavy (non-hydrogen) atoms. The van der Waals surface area contributed by atoms with Crippen LogP contribution in [0.5, 0.6) is 0 Å². The summed E-state index contributed by atoms with van der Waals surface area (Å²) in [5.41, 5.74) is 1.21. The Balaban J connectivity index is 2.18. The zero-order valence-corrected chi connectivity index (χ0v) is 17.9. The van der Waals surface area contributed by atoms with Gasteiger partial charge in [-0.25, -0.2) is 4.79 Å². The number of halogens is 1. The van der Waals surface area contributed by atoms with Crippen LogP contribution in [-0.4, -0.2) is 30.2 Å². The van der Waals surface area contributed by atoms with Crippen LogP contribution >= 0.6 is 23.4 Å². The minimum atomic E-state index is -0.683. The molecule has 1 aliphatic heterocycles. The monoisotopic (exact) mass is 444 g/mol.